The van der Waals surface area contributed by atoms with Crippen LogP contribution < -0.4 is 5.32 Å². The number of alkyl halides is 3. The highest BCUT2D eigenvalue weighted by Crippen LogP contribution is 2.27. The fraction of sp³-hybridized carbons (Fsp3) is 0.174. The first-order valence-electron chi connectivity index (χ1n) is 9.84. The molecular weight excluding hydrogens is 464 g/mol. The highest BCUT2D eigenvalue weighted by atomic mass is 19.4. The van der Waals surface area contributed by atoms with E-state index in [1.54, 1.807) is 12.1 Å². The largest absolute Gasteiger partial charge is 0.572 e. The van der Waals surface area contributed by atoms with Gasteiger partial charge in [-0.15, -0.1) is 13.2 Å². The lowest BCUT2D eigenvalue weighted by molar-refractivity contribution is -0.298. The van der Waals surface area contributed by atoms with E-state index in [0.717, 1.165) is 36.8 Å². The molecule has 0 saturated heterocycles. The van der Waals surface area contributed by atoms with E-state index in [9.17, 15) is 31.1 Å². The van der Waals surface area contributed by atoms with Crippen molar-refractivity contribution < 1.29 is 35.9 Å². The van der Waals surface area contributed by atoms with Crippen LogP contribution in [0.15, 0.2) is 67.2 Å². The Labute approximate surface area is 191 Å². The minimum atomic E-state index is -4.54. The fourth-order valence-electron chi connectivity index (χ4n) is 2.46. The maximum absolute atomic E-state index is 14.0. The molecule has 3 rings (SSSR count). The zero-order chi connectivity index (χ0) is 25.1. The number of benzene rings is 1. The maximum Gasteiger partial charge on any atom is 0.572 e. The van der Waals surface area contributed by atoms with E-state index in [2.05, 4.69) is 20.0 Å². The molecule has 0 unspecified atom stereocenters. The van der Waals surface area contributed by atoms with Crippen molar-refractivity contribution in [3.05, 3.63) is 90.3 Å². The van der Waals surface area contributed by atoms with Gasteiger partial charge in [-0.3, -0.25) is 9.78 Å². The molecule has 0 atom stereocenters. The number of allylic oxidation sites excluding steroid dienone is 1. The van der Waals surface area contributed by atoms with Gasteiger partial charge in [0.15, 0.2) is 0 Å². The predicted octanol–water partition coefficient (Wildman–Crippen LogP) is 6.65. The molecule has 0 aliphatic carbocycles. The smallest absolute Gasteiger partial charge is 0.414 e. The van der Waals surface area contributed by atoms with E-state index in [-0.39, 0.29) is 5.69 Å². The molecule has 11 heteroatoms. The molecule has 0 aliphatic heterocycles. The van der Waals surface area contributed by atoms with E-state index in [1.165, 1.54) is 18.5 Å². The zero-order valence-corrected chi connectivity index (χ0v) is 17.7. The summed E-state index contributed by atoms with van der Waals surface area (Å²) >= 11 is 0. The Kier molecular flexibility index (Phi) is 9.60. The summed E-state index contributed by atoms with van der Waals surface area (Å²) in [4.78, 5) is 19.8. The molecule has 2 heterocycles. The molecule has 1 amide bonds. The van der Waals surface area contributed by atoms with Crippen molar-refractivity contribution in [2.75, 3.05) is 5.32 Å². The molecule has 1 N–H and O–H groups in total. The van der Waals surface area contributed by atoms with E-state index in [1.807, 2.05) is 6.92 Å². The van der Waals surface area contributed by atoms with Gasteiger partial charge in [-0.25, -0.2) is 18.2 Å². The van der Waals surface area contributed by atoms with Gasteiger partial charge in [0.2, 0.25) is 0 Å². The third-order valence-corrected chi connectivity index (χ3v) is 3.95. The van der Waals surface area contributed by atoms with Crippen LogP contribution in [0.4, 0.5) is 32.0 Å². The van der Waals surface area contributed by atoms with Crippen LogP contribution >= 0.6 is 0 Å². The van der Waals surface area contributed by atoms with Crippen LogP contribution in [0.1, 0.15) is 30.3 Å². The minimum absolute atomic E-state index is 0.182. The summed E-state index contributed by atoms with van der Waals surface area (Å²) in [5.41, 5.74) is -0.958. The summed E-state index contributed by atoms with van der Waals surface area (Å²) in [6, 6.07) is 8.42. The van der Waals surface area contributed by atoms with Crippen molar-refractivity contribution in [3.63, 3.8) is 0 Å². The Bertz CT molecular complexity index is 1100. The van der Waals surface area contributed by atoms with Crippen molar-refractivity contribution in [2.24, 2.45) is 0 Å². The Hall–Kier alpha value is -3.89. The number of pyridine rings is 2. The second kappa shape index (κ2) is 12.4. The minimum Gasteiger partial charge on any atom is -0.414 e. The maximum atomic E-state index is 14.0. The van der Waals surface area contributed by atoms with Crippen LogP contribution in [0.2, 0.25) is 0 Å². The molecule has 0 spiro atoms. The number of nitrogens with one attached hydrogen (secondary N) is 1. The Morgan fingerprint density at radius 2 is 1.74 bits per heavy atom. The molecule has 34 heavy (non-hydrogen) atoms. The highest BCUT2D eigenvalue weighted by Gasteiger charge is 2.28. The summed E-state index contributed by atoms with van der Waals surface area (Å²) in [7, 11) is 0. The van der Waals surface area contributed by atoms with Crippen molar-refractivity contribution in [3.8, 4) is 11.3 Å². The zero-order valence-electron chi connectivity index (χ0n) is 17.7. The number of amides is 1. The number of hydrogen-bond acceptors (Lipinski definition) is 4. The van der Waals surface area contributed by atoms with Gasteiger partial charge in [0.25, 0.3) is 5.91 Å². The Morgan fingerprint density at radius 1 is 1.03 bits per heavy atom. The van der Waals surface area contributed by atoms with E-state index >= 15 is 0 Å². The lowest BCUT2D eigenvalue weighted by Crippen LogP contribution is -2.14. The summed E-state index contributed by atoms with van der Waals surface area (Å²) in [6.45, 7) is 1.87. The first kappa shape index (κ1) is 26.4. The molecular formula is C23H19F6N3O2. The molecule has 0 saturated carbocycles. The van der Waals surface area contributed by atoms with Gasteiger partial charge in [-0.1, -0.05) is 19.4 Å². The number of nitrogens with zero attached hydrogens (tertiary/aromatic N) is 2. The fourth-order valence-corrected chi connectivity index (χ4v) is 2.46. The average molecular weight is 483 g/mol. The SMILES string of the molecule is CCC/C=C\OC(F)(F)F.O=C(Nc1cccnc1)c1ccc(F)c(-c2c(F)cccc2F)n1. The van der Waals surface area contributed by atoms with Crippen LogP contribution in [0.5, 0.6) is 0 Å². The second-order valence-electron chi connectivity index (χ2n) is 6.54. The molecule has 0 radical (unpaired) electrons. The molecule has 0 fully saturated rings. The van der Waals surface area contributed by atoms with Gasteiger partial charge < -0.3 is 10.1 Å². The molecule has 2 aromatic heterocycles. The number of unbranched alkanes of at least 4 members (excludes halogenated alkanes) is 1. The topological polar surface area (TPSA) is 64.1 Å². The summed E-state index contributed by atoms with van der Waals surface area (Å²) in [5, 5.41) is 2.51. The van der Waals surface area contributed by atoms with E-state index < -0.39 is 41.0 Å². The normalized spacial score (nSPS) is 11.0. The number of aromatic nitrogens is 2. The summed E-state index contributed by atoms with van der Waals surface area (Å²) < 4.78 is 78.6. The van der Waals surface area contributed by atoms with Crippen molar-refractivity contribution in [1.29, 1.82) is 0 Å². The Balaban J connectivity index is 0.000000347. The quantitative estimate of drug-likeness (QED) is 0.315. The average Bonchev–Trinajstić information content (AvgIpc) is 2.78. The number of hydrogen-bond donors (Lipinski definition) is 1. The third kappa shape index (κ3) is 8.23. The van der Waals surface area contributed by atoms with Crippen LogP contribution in [0, 0.1) is 17.5 Å². The molecule has 5 nitrogen and oxygen atoms in total. The number of carbonyl (C=O) groups is 1. The Morgan fingerprint density at radius 3 is 2.32 bits per heavy atom. The van der Waals surface area contributed by atoms with Crippen LogP contribution in [-0.4, -0.2) is 22.2 Å². The highest BCUT2D eigenvalue weighted by molar-refractivity contribution is 6.03. The number of rotatable bonds is 6. The van der Waals surface area contributed by atoms with Crippen molar-refractivity contribution >= 4 is 11.6 Å². The monoisotopic (exact) mass is 483 g/mol. The van der Waals surface area contributed by atoms with Gasteiger partial charge in [-0.05, 0) is 48.9 Å². The molecule has 1 aromatic carbocycles. The first-order chi connectivity index (χ1) is 16.1. The van der Waals surface area contributed by atoms with E-state index in [0.29, 0.717) is 18.4 Å². The van der Waals surface area contributed by atoms with Gasteiger partial charge in [0.05, 0.1) is 23.7 Å². The van der Waals surface area contributed by atoms with Gasteiger partial charge in [-0.2, -0.15) is 0 Å². The number of anilines is 1. The van der Waals surface area contributed by atoms with Gasteiger partial charge in [0.1, 0.15) is 28.8 Å². The third-order valence-electron chi connectivity index (χ3n) is 3.95. The lowest BCUT2D eigenvalue weighted by Gasteiger charge is -2.08. The number of halogens is 6. The second-order valence-corrected chi connectivity index (χ2v) is 6.54. The molecule has 180 valence electrons. The van der Waals surface area contributed by atoms with Crippen molar-refractivity contribution in [2.45, 2.75) is 26.1 Å². The molecule has 3 aromatic rings. The number of carbonyl (C=O) groups excluding carboxylic acids is 1. The first-order valence-corrected chi connectivity index (χ1v) is 9.84. The lowest BCUT2D eigenvalue weighted by atomic mass is 10.1. The van der Waals surface area contributed by atoms with Crippen LogP contribution in [0.3, 0.4) is 0 Å². The van der Waals surface area contributed by atoms with E-state index in [4.69, 9.17) is 0 Å². The van der Waals surface area contributed by atoms with Gasteiger partial charge >= 0.3 is 6.36 Å². The summed E-state index contributed by atoms with van der Waals surface area (Å²) in [6.07, 6.45) is 1.85. The number of ether oxygens (including phenoxy) is 1. The van der Waals surface area contributed by atoms with Crippen LogP contribution in [-0.2, 0) is 4.74 Å². The molecule has 0 aliphatic rings. The predicted molar refractivity (Wildman–Crippen MR) is 113 cm³/mol. The van der Waals surface area contributed by atoms with Gasteiger partial charge in [0, 0.05) is 6.20 Å². The standard InChI is InChI=1S/C17H10F3N3O.C6H9F3O/c18-11-4-1-5-12(19)15(11)16-13(20)6-7-14(23-16)17(24)22-10-3-2-8-21-9-10;1-2-3-4-5-10-6(7,8)9/h1-9H,(H,22,24);4-5H,2-3H2,1H3/b;5-4-. The van der Waals surface area contributed by atoms with Crippen molar-refractivity contribution in [1.82, 2.24) is 9.97 Å². The summed E-state index contributed by atoms with van der Waals surface area (Å²) in [5.74, 6) is -3.52. The van der Waals surface area contributed by atoms with Crippen LogP contribution in [0.25, 0.3) is 11.3 Å². The molecule has 0 bridgehead atoms.